The molecule has 0 aliphatic heterocycles. The molecule has 0 aliphatic rings. The summed E-state index contributed by atoms with van der Waals surface area (Å²) in [7, 11) is -1.20. The number of rotatable bonds is 7. The van der Waals surface area contributed by atoms with Gasteiger partial charge < -0.3 is 10.1 Å². The Morgan fingerprint density at radius 2 is 1.81 bits per heavy atom. The van der Waals surface area contributed by atoms with Gasteiger partial charge in [-0.25, -0.2) is 8.42 Å². The lowest BCUT2D eigenvalue weighted by Crippen LogP contribution is -2.18. The van der Waals surface area contributed by atoms with E-state index in [-0.39, 0.29) is 5.75 Å². The summed E-state index contributed by atoms with van der Waals surface area (Å²) in [6.45, 7) is 1.40. The molecule has 5 heteroatoms. The normalized spacial score (nSPS) is 11.7. The van der Waals surface area contributed by atoms with Crippen LogP contribution in [-0.2, 0) is 16.4 Å². The number of fused-ring (bicyclic) bond motifs is 1. The summed E-state index contributed by atoms with van der Waals surface area (Å²) in [6.07, 6.45) is 1.90. The molecule has 0 saturated carbocycles. The van der Waals surface area contributed by atoms with Gasteiger partial charge in [-0.2, -0.15) is 0 Å². The maximum Gasteiger partial charge on any atom is 0.147 e. The van der Waals surface area contributed by atoms with Gasteiger partial charge in [0.1, 0.15) is 15.6 Å². The zero-order valence-corrected chi connectivity index (χ0v) is 13.2. The Morgan fingerprint density at radius 3 is 2.48 bits per heavy atom. The molecule has 114 valence electrons. The second-order valence-electron chi connectivity index (χ2n) is 5.13. The van der Waals surface area contributed by atoms with Crippen molar-refractivity contribution in [3.05, 3.63) is 42.0 Å². The van der Waals surface area contributed by atoms with Gasteiger partial charge in [-0.3, -0.25) is 0 Å². The van der Waals surface area contributed by atoms with Gasteiger partial charge in [0.25, 0.3) is 0 Å². The van der Waals surface area contributed by atoms with Crippen molar-refractivity contribution < 1.29 is 13.2 Å². The van der Waals surface area contributed by atoms with Gasteiger partial charge in [-0.05, 0) is 30.0 Å². The lowest BCUT2D eigenvalue weighted by Gasteiger charge is -2.11. The highest BCUT2D eigenvalue weighted by Gasteiger charge is 2.06. The first kappa shape index (κ1) is 15.8. The predicted molar refractivity (Wildman–Crippen MR) is 86.5 cm³/mol. The first-order valence-corrected chi connectivity index (χ1v) is 9.00. The van der Waals surface area contributed by atoms with Crippen LogP contribution in [-0.4, -0.2) is 34.1 Å². The molecule has 1 N–H and O–H groups in total. The smallest absolute Gasteiger partial charge is 0.147 e. The summed E-state index contributed by atoms with van der Waals surface area (Å²) in [6, 6.07) is 12.1. The van der Waals surface area contributed by atoms with Crippen LogP contribution in [0.3, 0.4) is 0 Å². The van der Waals surface area contributed by atoms with Crippen molar-refractivity contribution in [1.29, 1.82) is 0 Å². The van der Waals surface area contributed by atoms with Crippen LogP contribution in [0.2, 0.25) is 0 Å². The highest BCUT2D eigenvalue weighted by atomic mass is 32.2. The van der Waals surface area contributed by atoms with Crippen molar-refractivity contribution in [1.82, 2.24) is 5.32 Å². The predicted octanol–water partition coefficient (Wildman–Crippen LogP) is 2.37. The van der Waals surface area contributed by atoms with E-state index in [9.17, 15) is 8.42 Å². The summed E-state index contributed by atoms with van der Waals surface area (Å²) in [5.74, 6) is 1.09. The fourth-order valence-corrected chi connectivity index (χ4v) is 3.02. The molecule has 0 saturated heterocycles. The van der Waals surface area contributed by atoms with Crippen LogP contribution in [0.15, 0.2) is 36.4 Å². The summed E-state index contributed by atoms with van der Waals surface area (Å²) >= 11 is 0. The maximum atomic E-state index is 11.1. The van der Waals surface area contributed by atoms with Crippen molar-refractivity contribution in [2.45, 2.75) is 13.0 Å². The SMILES string of the molecule is COc1ccc(CNCCCS(C)(=O)=O)c2ccccc12. The van der Waals surface area contributed by atoms with E-state index < -0.39 is 9.84 Å². The summed E-state index contributed by atoms with van der Waals surface area (Å²) in [5, 5.41) is 5.55. The molecule has 0 spiro atoms. The van der Waals surface area contributed by atoms with Crippen LogP contribution in [0.4, 0.5) is 0 Å². The third-order valence-electron chi connectivity index (χ3n) is 3.38. The number of benzene rings is 2. The second-order valence-corrected chi connectivity index (χ2v) is 7.39. The molecule has 4 nitrogen and oxygen atoms in total. The Kier molecular flexibility index (Phi) is 5.20. The van der Waals surface area contributed by atoms with Gasteiger partial charge in [-0.1, -0.05) is 30.3 Å². The molecule has 0 radical (unpaired) electrons. The van der Waals surface area contributed by atoms with Gasteiger partial charge in [0.2, 0.25) is 0 Å². The van der Waals surface area contributed by atoms with Gasteiger partial charge in [-0.15, -0.1) is 0 Å². The quantitative estimate of drug-likeness (QED) is 0.798. The average Bonchev–Trinajstić information content (AvgIpc) is 2.45. The molecule has 0 heterocycles. The van der Waals surface area contributed by atoms with Crippen LogP contribution in [0.5, 0.6) is 5.75 Å². The lowest BCUT2D eigenvalue weighted by atomic mass is 10.0. The molecule has 2 aromatic rings. The van der Waals surface area contributed by atoms with Crippen molar-refractivity contribution in [3.63, 3.8) is 0 Å². The molecule has 0 aromatic heterocycles. The molecule has 21 heavy (non-hydrogen) atoms. The van der Waals surface area contributed by atoms with Crippen LogP contribution in [0.1, 0.15) is 12.0 Å². The number of hydrogen-bond donors (Lipinski definition) is 1. The van der Waals surface area contributed by atoms with Crippen LogP contribution in [0.25, 0.3) is 10.8 Å². The first-order valence-electron chi connectivity index (χ1n) is 6.94. The Bertz CT molecular complexity index is 711. The Balaban J connectivity index is 2.03. The van der Waals surface area contributed by atoms with E-state index >= 15 is 0 Å². The minimum Gasteiger partial charge on any atom is -0.496 e. The molecule has 0 unspecified atom stereocenters. The first-order chi connectivity index (χ1) is 10.0. The minimum absolute atomic E-state index is 0.226. The Labute approximate surface area is 126 Å². The van der Waals surface area contributed by atoms with Crippen molar-refractivity contribution in [2.24, 2.45) is 0 Å². The van der Waals surface area contributed by atoms with E-state index in [4.69, 9.17) is 4.74 Å². The van der Waals surface area contributed by atoms with Crippen molar-refractivity contribution >= 4 is 20.6 Å². The topological polar surface area (TPSA) is 55.4 Å². The molecule has 0 fully saturated rings. The molecule has 0 amide bonds. The fourth-order valence-electron chi connectivity index (χ4n) is 2.35. The molecule has 0 atom stereocenters. The van der Waals surface area contributed by atoms with E-state index in [1.807, 2.05) is 30.3 Å². The van der Waals surface area contributed by atoms with E-state index in [1.165, 1.54) is 11.8 Å². The van der Waals surface area contributed by atoms with Crippen molar-refractivity contribution in [2.75, 3.05) is 25.7 Å². The second kappa shape index (κ2) is 6.91. The van der Waals surface area contributed by atoms with E-state index in [0.717, 1.165) is 16.5 Å². The molecular formula is C16H21NO3S. The number of sulfone groups is 1. The fraction of sp³-hybridized carbons (Fsp3) is 0.375. The summed E-state index contributed by atoms with van der Waals surface area (Å²) in [4.78, 5) is 0. The monoisotopic (exact) mass is 307 g/mol. The van der Waals surface area contributed by atoms with E-state index in [2.05, 4.69) is 11.4 Å². The number of ether oxygens (including phenoxy) is 1. The maximum absolute atomic E-state index is 11.1. The van der Waals surface area contributed by atoms with Crippen LogP contribution in [0, 0.1) is 0 Å². The lowest BCUT2D eigenvalue weighted by molar-refractivity contribution is 0.419. The van der Waals surface area contributed by atoms with Crippen molar-refractivity contribution in [3.8, 4) is 5.75 Å². The average molecular weight is 307 g/mol. The van der Waals surface area contributed by atoms with Gasteiger partial charge in [0.15, 0.2) is 0 Å². The van der Waals surface area contributed by atoms with E-state index in [0.29, 0.717) is 19.5 Å². The van der Waals surface area contributed by atoms with Crippen LogP contribution < -0.4 is 10.1 Å². The third kappa shape index (κ3) is 4.44. The standard InChI is InChI=1S/C16H21NO3S/c1-20-16-9-8-13(14-6-3-4-7-15(14)16)12-17-10-5-11-21(2,18)19/h3-4,6-9,17H,5,10-12H2,1-2H3. The number of nitrogens with one attached hydrogen (secondary N) is 1. The number of hydrogen-bond acceptors (Lipinski definition) is 4. The molecule has 2 rings (SSSR count). The Hall–Kier alpha value is -1.59. The molecule has 0 bridgehead atoms. The van der Waals surface area contributed by atoms with Gasteiger partial charge >= 0.3 is 0 Å². The Morgan fingerprint density at radius 1 is 1.10 bits per heavy atom. The molecular weight excluding hydrogens is 286 g/mol. The highest BCUT2D eigenvalue weighted by molar-refractivity contribution is 7.90. The zero-order chi connectivity index (χ0) is 15.3. The van der Waals surface area contributed by atoms with E-state index in [1.54, 1.807) is 7.11 Å². The summed E-state index contributed by atoms with van der Waals surface area (Å²) < 4.78 is 27.5. The summed E-state index contributed by atoms with van der Waals surface area (Å²) in [5.41, 5.74) is 1.19. The third-order valence-corrected chi connectivity index (χ3v) is 4.41. The van der Waals surface area contributed by atoms with Gasteiger partial charge in [0, 0.05) is 18.2 Å². The minimum atomic E-state index is -2.87. The zero-order valence-electron chi connectivity index (χ0n) is 12.4. The highest BCUT2D eigenvalue weighted by Crippen LogP contribution is 2.28. The number of methoxy groups -OCH3 is 1. The molecule has 2 aromatic carbocycles. The molecule has 0 aliphatic carbocycles. The van der Waals surface area contributed by atoms with Gasteiger partial charge in [0.05, 0.1) is 12.9 Å². The van der Waals surface area contributed by atoms with Crippen LogP contribution >= 0.6 is 0 Å². The largest absolute Gasteiger partial charge is 0.496 e.